The van der Waals surface area contributed by atoms with E-state index in [2.05, 4.69) is 16.6 Å². The minimum absolute atomic E-state index is 0.0336. The average Bonchev–Trinajstić information content (AvgIpc) is 2.42. The van der Waals surface area contributed by atoms with Gasteiger partial charge in [0.25, 0.3) is 0 Å². The SMILES string of the molecule is C#CCNC(=O)NC(CC)c1ccc(OC)cc1. The largest absolute Gasteiger partial charge is 0.497 e. The number of benzene rings is 1. The molecule has 0 heterocycles. The molecule has 0 aliphatic carbocycles. The second-order valence-corrected chi connectivity index (χ2v) is 3.77. The van der Waals surface area contributed by atoms with Crippen LogP contribution in [-0.4, -0.2) is 19.7 Å². The van der Waals surface area contributed by atoms with E-state index in [4.69, 9.17) is 11.2 Å². The van der Waals surface area contributed by atoms with E-state index >= 15 is 0 Å². The van der Waals surface area contributed by atoms with E-state index in [0.29, 0.717) is 0 Å². The van der Waals surface area contributed by atoms with Gasteiger partial charge in [-0.05, 0) is 24.1 Å². The van der Waals surface area contributed by atoms with Crippen molar-refractivity contribution < 1.29 is 9.53 Å². The fourth-order valence-electron chi connectivity index (χ4n) is 1.60. The molecule has 0 radical (unpaired) electrons. The molecule has 0 aliphatic heterocycles. The molecule has 0 aromatic heterocycles. The molecule has 96 valence electrons. The first-order valence-corrected chi connectivity index (χ1v) is 5.83. The van der Waals surface area contributed by atoms with Crippen LogP contribution in [0.4, 0.5) is 4.79 Å². The van der Waals surface area contributed by atoms with Crippen LogP contribution in [0, 0.1) is 12.3 Å². The van der Waals surface area contributed by atoms with Crippen molar-refractivity contribution in [1.82, 2.24) is 10.6 Å². The van der Waals surface area contributed by atoms with E-state index in [1.807, 2.05) is 31.2 Å². The lowest BCUT2D eigenvalue weighted by atomic mass is 10.0. The lowest BCUT2D eigenvalue weighted by Gasteiger charge is -2.17. The number of hydrogen-bond acceptors (Lipinski definition) is 2. The average molecular weight is 246 g/mol. The highest BCUT2D eigenvalue weighted by atomic mass is 16.5. The fourth-order valence-corrected chi connectivity index (χ4v) is 1.60. The summed E-state index contributed by atoms with van der Waals surface area (Å²) in [5.41, 5.74) is 1.04. The van der Waals surface area contributed by atoms with Gasteiger partial charge in [0.1, 0.15) is 5.75 Å². The maximum atomic E-state index is 11.5. The first-order chi connectivity index (χ1) is 8.71. The number of urea groups is 1. The molecule has 1 atom stereocenters. The molecule has 1 aromatic rings. The smallest absolute Gasteiger partial charge is 0.316 e. The Morgan fingerprint density at radius 2 is 2.11 bits per heavy atom. The molecule has 0 saturated carbocycles. The van der Waals surface area contributed by atoms with Crippen LogP contribution >= 0.6 is 0 Å². The second kappa shape index (κ2) is 7.23. The summed E-state index contributed by atoms with van der Waals surface area (Å²) < 4.78 is 5.09. The van der Waals surface area contributed by atoms with Crippen molar-refractivity contribution in [1.29, 1.82) is 0 Å². The number of hydrogen-bond donors (Lipinski definition) is 2. The first-order valence-electron chi connectivity index (χ1n) is 5.83. The molecule has 0 fully saturated rings. The number of methoxy groups -OCH3 is 1. The highest BCUT2D eigenvalue weighted by Gasteiger charge is 2.11. The zero-order valence-corrected chi connectivity index (χ0v) is 10.7. The number of rotatable bonds is 5. The summed E-state index contributed by atoms with van der Waals surface area (Å²) >= 11 is 0. The van der Waals surface area contributed by atoms with E-state index in [9.17, 15) is 4.79 Å². The summed E-state index contributed by atoms with van der Waals surface area (Å²) in [7, 11) is 1.62. The Morgan fingerprint density at radius 3 is 2.61 bits per heavy atom. The monoisotopic (exact) mass is 246 g/mol. The standard InChI is InChI=1S/C14H18N2O2/c1-4-10-15-14(17)16-13(5-2)11-6-8-12(18-3)9-7-11/h1,6-9,13H,5,10H2,2-3H3,(H2,15,16,17). The van der Waals surface area contributed by atoms with Gasteiger partial charge >= 0.3 is 6.03 Å². The van der Waals surface area contributed by atoms with Crippen molar-refractivity contribution in [2.45, 2.75) is 19.4 Å². The van der Waals surface area contributed by atoms with Crippen molar-refractivity contribution in [2.75, 3.05) is 13.7 Å². The lowest BCUT2D eigenvalue weighted by Crippen LogP contribution is -2.37. The summed E-state index contributed by atoms with van der Waals surface area (Å²) in [6, 6.07) is 7.34. The predicted molar refractivity (Wildman–Crippen MR) is 71.4 cm³/mol. The number of amides is 2. The summed E-state index contributed by atoms with van der Waals surface area (Å²) in [6.45, 7) is 2.24. The van der Waals surface area contributed by atoms with Gasteiger partial charge in [-0.3, -0.25) is 0 Å². The van der Waals surface area contributed by atoms with Gasteiger partial charge in [0.15, 0.2) is 0 Å². The van der Waals surface area contributed by atoms with Crippen molar-refractivity contribution >= 4 is 6.03 Å². The van der Waals surface area contributed by atoms with Gasteiger partial charge in [-0.2, -0.15) is 0 Å². The van der Waals surface area contributed by atoms with Crippen LogP contribution in [0.15, 0.2) is 24.3 Å². The Kier molecular flexibility index (Phi) is 5.59. The molecule has 1 rings (SSSR count). The van der Waals surface area contributed by atoms with E-state index < -0.39 is 0 Å². The van der Waals surface area contributed by atoms with Gasteiger partial charge in [-0.15, -0.1) is 6.42 Å². The first kappa shape index (κ1) is 13.9. The number of terminal acetylenes is 1. The van der Waals surface area contributed by atoms with Gasteiger partial charge in [-0.25, -0.2) is 4.79 Å². The maximum absolute atomic E-state index is 11.5. The molecule has 0 aliphatic rings. The quantitative estimate of drug-likeness (QED) is 0.781. The zero-order chi connectivity index (χ0) is 13.4. The van der Waals surface area contributed by atoms with Crippen LogP contribution < -0.4 is 15.4 Å². The predicted octanol–water partition coefficient (Wildman–Crippen LogP) is 2.08. The molecule has 0 spiro atoms. The number of carbonyl (C=O) groups excluding carboxylic acids is 1. The van der Waals surface area contributed by atoms with Crippen LogP contribution in [0.2, 0.25) is 0 Å². The number of carbonyl (C=O) groups is 1. The Labute approximate surface area is 108 Å². The molecule has 18 heavy (non-hydrogen) atoms. The number of nitrogens with one attached hydrogen (secondary N) is 2. The molecule has 2 N–H and O–H groups in total. The van der Waals surface area contributed by atoms with E-state index in [-0.39, 0.29) is 18.6 Å². The number of ether oxygens (including phenoxy) is 1. The van der Waals surface area contributed by atoms with Gasteiger partial charge in [-0.1, -0.05) is 25.0 Å². The van der Waals surface area contributed by atoms with Gasteiger partial charge in [0.05, 0.1) is 19.7 Å². The molecule has 2 amide bonds. The summed E-state index contributed by atoms with van der Waals surface area (Å²) in [4.78, 5) is 11.5. The molecule has 0 bridgehead atoms. The van der Waals surface area contributed by atoms with Crippen LogP contribution in [0.5, 0.6) is 5.75 Å². The van der Waals surface area contributed by atoms with Crippen LogP contribution in [0.1, 0.15) is 24.9 Å². The zero-order valence-electron chi connectivity index (χ0n) is 10.7. The third-order valence-electron chi connectivity index (χ3n) is 2.58. The maximum Gasteiger partial charge on any atom is 0.316 e. The summed E-state index contributed by atoms with van der Waals surface area (Å²) in [5, 5.41) is 5.45. The molecule has 4 nitrogen and oxygen atoms in total. The van der Waals surface area contributed by atoms with Gasteiger partial charge in [0.2, 0.25) is 0 Å². The van der Waals surface area contributed by atoms with E-state index in [1.54, 1.807) is 7.11 Å². The Morgan fingerprint density at radius 1 is 1.44 bits per heavy atom. The Hall–Kier alpha value is -2.15. The van der Waals surface area contributed by atoms with Crippen molar-refractivity contribution in [3.63, 3.8) is 0 Å². The topological polar surface area (TPSA) is 50.4 Å². The molecular weight excluding hydrogens is 228 g/mol. The summed E-state index contributed by atoms with van der Waals surface area (Å²) in [6.07, 6.45) is 5.88. The lowest BCUT2D eigenvalue weighted by molar-refractivity contribution is 0.238. The van der Waals surface area contributed by atoms with Crippen molar-refractivity contribution in [2.24, 2.45) is 0 Å². The van der Waals surface area contributed by atoms with Gasteiger partial charge < -0.3 is 15.4 Å². The third-order valence-corrected chi connectivity index (χ3v) is 2.58. The Balaban J connectivity index is 2.64. The highest BCUT2D eigenvalue weighted by Crippen LogP contribution is 2.19. The second-order valence-electron chi connectivity index (χ2n) is 3.77. The van der Waals surface area contributed by atoms with E-state index in [1.165, 1.54) is 0 Å². The normalized spacial score (nSPS) is 11.2. The summed E-state index contributed by atoms with van der Waals surface area (Å²) in [5.74, 6) is 3.15. The van der Waals surface area contributed by atoms with Crippen molar-refractivity contribution in [3.05, 3.63) is 29.8 Å². The highest BCUT2D eigenvalue weighted by molar-refractivity contribution is 5.74. The minimum Gasteiger partial charge on any atom is -0.497 e. The van der Waals surface area contributed by atoms with Crippen LogP contribution in [-0.2, 0) is 0 Å². The minimum atomic E-state index is -0.254. The molecule has 4 heteroatoms. The van der Waals surface area contributed by atoms with Crippen LogP contribution in [0.25, 0.3) is 0 Å². The van der Waals surface area contributed by atoms with Gasteiger partial charge in [0, 0.05) is 0 Å². The Bertz CT molecular complexity index is 420. The van der Waals surface area contributed by atoms with Crippen molar-refractivity contribution in [3.8, 4) is 18.1 Å². The molecular formula is C14H18N2O2. The van der Waals surface area contributed by atoms with Crippen LogP contribution in [0.3, 0.4) is 0 Å². The van der Waals surface area contributed by atoms with E-state index in [0.717, 1.165) is 17.7 Å². The molecule has 1 aromatic carbocycles. The molecule has 1 unspecified atom stereocenters. The fraction of sp³-hybridized carbons (Fsp3) is 0.357. The third kappa shape index (κ3) is 4.02. The molecule has 0 saturated heterocycles.